The summed E-state index contributed by atoms with van der Waals surface area (Å²) < 4.78 is 38.7. The summed E-state index contributed by atoms with van der Waals surface area (Å²) in [6.45, 7) is 2.37. The fourth-order valence-corrected chi connectivity index (χ4v) is 3.15. The maximum atomic E-state index is 12.9. The standard InChI is InChI=1S/C15H18ClF3N2/c16-12-5-4-11(15(17,18)19)8-14(12)21-7-1-6-20-13(9-21)10-2-3-10/h4-5,8,10,13,20H,1-3,6-7,9H2. The largest absolute Gasteiger partial charge is 0.416 e. The van der Waals surface area contributed by atoms with Crippen LogP contribution in [0.25, 0.3) is 0 Å². The normalized spacial score (nSPS) is 24.0. The van der Waals surface area contributed by atoms with Crippen molar-refractivity contribution in [3.05, 3.63) is 28.8 Å². The highest BCUT2D eigenvalue weighted by molar-refractivity contribution is 6.33. The van der Waals surface area contributed by atoms with Gasteiger partial charge in [0, 0.05) is 19.1 Å². The number of nitrogens with zero attached hydrogens (tertiary/aromatic N) is 1. The van der Waals surface area contributed by atoms with Gasteiger partial charge in [-0.2, -0.15) is 13.2 Å². The van der Waals surface area contributed by atoms with Crippen molar-refractivity contribution in [2.75, 3.05) is 24.5 Å². The maximum Gasteiger partial charge on any atom is 0.416 e. The first-order valence-corrected chi connectivity index (χ1v) is 7.68. The number of anilines is 1. The Hall–Kier alpha value is -0.940. The first-order chi connectivity index (χ1) is 9.95. The fraction of sp³-hybridized carbons (Fsp3) is 0.600. The summed E-state index contributed by atoms with van der Waals surface area (Å²) in [4.78, 5) is 2.00. The Bertz CT molecular complexity index is 514. The fourth-order valence-electron chi connectivity index (χ4n) is 2.92. The predicted molar refractivity (Wildman–Crippen MR) is 77.8 cm³/mol. The van der Waals surface area contributed by atoms with E-state index in [1.54, 1.807) is 0 Å². The molecule has 2 fully saturated rings. The molecule has 1 saturated carbocycles. The zero-order chi connectivity index (χ0) is 15.0. The highest BCUT2D eigenvalue weighted by atomic mass is 35.5. The Kier molecular flexibility index (Phi) is 4.06. The molecule has 0 radical (unpaired) electrons. The number of nitrogens with one attached hydrogen (secondary N) is 1. The molecule has 1 atom stereocenters. The molecule has 1 aliphatic heterocycles. The minimum absolute atomic E-state index is 0.359. The lowest BCUT2D eigenvalue weighted by molar-refractivity contribution is -0.137. The van der Waals surface area contributed by atoms with E-state index in [1.807, 2.05) is 4.90 Å². The van der Waals surface area contributed by atoms with Gasteiger partial charge in [0.1, 0.15) is 0 Å². The van der Waals surface area contributed by atoms with Crippen molar-refractivity contribution < 1.29 is 13.2 Å². The van der Waals surface area contributed by atoms with E-state index in [4.69, 9.17) is 11.6 Å². The summed E-state index contributed by atoms with van der Waals surface area (Å²) >= 11 is 6.15. The van der Waals surface area contributed by atoms with E-state index in [9.17, 15) is 13.2 Å². The summed E-state index contributed by atoms with van der Waals surface area (Å²) in [5.74, 6) is 0.662. The smallest absolute Gasteiger partial charge is 0.369 e. The predicted octanol–water partition coefficient (Wildman–Crippen LogP) is 3.94. The molecule has 6 heteroatoms. The molecule has 1 heterocycles. The molecule has 1 saturated heterocycles. The van der Waals surface area contributed by atoms with Gasteiger partial charge in [0.25, 0.3) is 0 Å². The molecule has 2 nitrogen and oxygen atoms in total. The van der Waals surface area contributed by atoms with Crippen LogP contribution in [0.2, 0.25) is 5.02 Å². The number of rotatable bonds is 2. The Morgan fingerprint density at radius 1 is 1.24 bits per heavy atom. The van der Waals surface area contributed by atoms with Crippen molar-refractivity contribution in [1.29, 1.82) is 0 Å². The molecule has 1 unspecified atom stereocenters. The van der Waals surface area contributed by atoms with Gasteiger partial charge in [-0.05, 0) is 49.9 Å². The average Bonchev–Trinajstić information content (AvgIpc) is 3.24. The van der Waals surface area contributed by atoms with Crippen LogP contribution in [0.4, 0.5) is 18.9 Å². The number of halogens is 4. The van der Waals surface area contributed by atoms with Crippen LogP contribution < -0.4 is 10.2 Å². The van der Waals surface area contributed by atoms with Crippen LogP contribution in [0.3, 0.4) is 0 Å². The Balaban J connectivity index is 1.86. The van der Waals surface area contributed by atoms with Crippen LogP contribution in [-0.4, -0.2) is 25.7 Å². The van der Waals surface area contributed by atoms with Gasteiger partial charge in [-0.15, -0.1) is 0 Å². The lowest BCUT2D eigenvalue weighted by Gasteiger charge is -2.28. The van der Waals surface area contributed by atoms with Gasteiger partial charge in [-0.1, -0.05) is 11.6 Å². The lowest BCUT2D eigenvalue weighted by atomic mass is 10.1. The number of hydrogen-bond acceptors (Lipinski definition) is 2. The summed E-state index contributed by atoms with van der Waals surface area (Å²) in [6, 6.07) is 3.93. The minimum atomic E-state index is -4.33. The second-order valence-corrected chi connectivity index (χ2v) is 6.27. The molecule has 2 aliphatic rings. The molecule has 3 rings (SSSR count). The number of alkyl halides is 3. The zero-order valence-electron chi connectivity index (χ0n) is 11.6. The SMILES string of the molecule is FC(F)(F)c1ccc(Cl)c(N2CCCNC(C3CC3)C2)c1. The first kappa shape index (κ1) is 15.0. The van der Waals surface area contributed by atoms with Crippen molar-refractivity contribution in [1.82, 2.24) is 5.32 Å². The third kappa shape index (κ3) is 3.46. The van der Waals surface area contributed by atoms with Crippen molar-refractivity contribution in [2.24, 2.45) is 5.92 Å². The van der Waals surface area contributed by atoms with E-state index in [0.29, 0.717) is 22.7 Å². The quantitative estimate of drug-likeness (QED) is 0.888. The molecule has 1 aromatic rings. The van der Waals surface area contributed by atoms with Crippen molar-refractivity contribution in [3.63, 3.8) is 0 Å². The van der Waals surface area contributed by atoms with E-state index in [-0.39, 0.29) is 0 Å². The lowest BCUT2D eigenvalue weighted by Crippen LogP contribution is -2.39. The number of benzene rings is 1. The van der Waals surface area contributed by atoms with Crippen LogP contribution in [0.1, 0.15) is 24.8 Å². The Labute approximate surface area is 127 Å². The van der Waals surface area contributed by atoms with Crippen LogP contribution in [0.5, 0.6) is 0 Å². The van der Waals surface area contributed by atoms with Gasteiger partial charge in [0.05, 0.1) is 16.3 Å². The van der Waals surface area contributed by atoms with E-state index < -0.39 is 11.7 Å². The monoisotopic (exact) mass is 318 g/mol. The summed E-state index contributed by atoms with van der Waals surface area (Å²) in [7, 11) is 0. The van der Waals surface area contributed by atoms with Crippen LogP contribution in [-0.2, 0) is 6.18 Å². The summed E-state index contributed by atoms with van der Waals surface area (Å²) in [5.41, 5.74) is -0.136. The molecular formula is C15H18ClF3N2. The minimum Gasteiger partial charge on any atom is -0.369 e. The Morgan fingerprint density at radius 2 is 2.00 bits per heavy atom. The average molecular weight is 319 g/mol. The third-order valence-electron chi connectivity index (χ3n) is 4.23. The van der Waals surface area contributed by atoms with Crippen molar-refractivity contribution in [3.8, 4) is 0 Å². The molecule has 1 N–H and O–H groups in total. The summed E-state index contributed by atoms with van der Waals surface area (Å²) in [5, 5.41) is 3.89. The molecule has 0 bridgehead atoms. The molecule has 1 aliphatic carbocycles. The van der Waals surface area contributed by atoms with Gasteiger partial charge in [0.15, 0.2) is 0 Å². The number of hydrogen-bond donors (Lipinski definition) is 1. The van der Waals surface area contributed by atoms with Crippen LogP contribution >= 0.6 is 11.6 Å². The van der Waals surface area contributed by atoms with Crippen LogP contribution in [0.15, 0.2) is 18.2 Å². The molecule has 116 valence electrons. The second kappa shape index (κ2) is 5.69. The third-order valence-corrected chi connectivity index (χ3v) is 4.55. The van der Waals surface area contributed by atoms with Gasteiger partial charge >= 0.3 is 6.18 Å². The zero-order valence-corrected chi connectivity index (χ0v) is 12.3. The second-order valence-electron chi connectivity index (χ2n) is 5.86. The van der Waals surface area contributed by atoms with Crippen molar-refractivity contribution >= 4 is 17.3 Å². The summed E-state index contributed by atoms with van der Waals surface area (Å²) in [6.07, 6.45) is -1.00. The molecule has 21 heavy (non-hydrogen) atoms. The topological polar surface area (TPSA) is 15.3 Å². The van der Waals surface area contributed by atoms with Gasteiger partial charge < -0.3 is 10.2 Å². The highest BCUT2D eigenvalue weighted by Gasteiger charge is 2.35. The maximum absolute atomic E-state index is 12.9. The molecular weight excluding hydrogens is 301 g/mol. The molecule has 0 amide bonds. The van der Waals surface area contributed by atoms with E-state index in [1.165, 1.54) is 25.0 Å². The van der Waals surface area contributed by atoms with E-state index >= 15 is 0 Å². The highest BCUT2D eigenvalue weighted by Crippen LogP contribution is 2.38. The van der Waals surface area contributed by atoms with Gasteiger partial charge in [-0.25, -0.2) is 0 Å². The van der Waals surface area contributed by atoms with E-state index in [0.717, 1.165) is 32.1 Å². The Morgan fingerprint density at radius 3 is 2.67 bits per heavy atom. The van der Waals surface area contributed by atoms with Gasteiger partial charge in [-0.3, -0.25) is 0 Å². The van der Waals surface area contributed by atoms with Crippen molar-refractivity contribution in [2.45, 2.75) is 31.5 Å². The molecule has 1 aromatic carbocycles. The molecule has 0 spiro atoms. The first-order valence-electron chi connectivity index (χ1n) is 7.30. The molecule has 0 aromatic heterocycles. The van der Waals surface area contributed by atoms with Gasteiger partial charge in [0.2, 0.25) is 0 Å². The van der Waals surface area contributed by atoms with Crippen LogP contribution in [0, 0.1) is 5.92 Å². The van der Waals surface area contributed by atoms with E-state index in [2.05, 4.69) is 5.32 Å².